The Balaban J connectivity index is 0.00000288. The van der Waals surface area contributed by atoms with Crippen LogP contribution in [0.25, 0.3) is 38.6 Å². The first-order valence-electron chi connectivity index (χ1n) is 19.4. The molecule has 2 fully saturated rings. The number of carbonyl (C=O) groups excluding carboxylic acids is 1. The standard InChI is InChI=1S/C39H45F2N6O9P.C2H6/c1-38(2,3)55-57(52,56-39(4,5)6)54-20-53-37(51)45(8)27-15-26(40)31(41)29-30-33(46-14-13-22-17-44(7)19-28(22)46)25(16-42-34(30)43-32(27)29)21-9-10-23-11-12-24(36(49)50)35(48)47(23)18-21;1-2/h9-12,15-16,18,22,28H,13-14,17,19-20H2,1-8H3,(H,42,43)(H,49,50);1-2H3/t22?,28-;/m1./s1. The summed E-state index contributed by atoms with van der Waals surface area (Å²) < 4.78 is 68.7. The molecule has 0 bridgehead atoms. The summed E-state index contributed by atoms with van der Waals surface area (Å²) in [5.74, 6) is -3.49. The summed E-state index contributed by atoms with van der Waals surface area (Å²) in [6.07, 6.45) is 2.89. The van der Waals surface area contributed by atoms with Crippen molar-refractivity contribution in [3.05, 3.63) is 70.3 Å². The number of hydrogen-bond acceptors (Lipinski definition) is 11. The van der Waals surface area contributed by atoms with Crippen LogP contribution in [0.15, 0.2) is 47.5 Å². The first-order valence-corrected chi connectivity index (χ1v) is 20.8. The summed E-state index contributed by atoms with van der Waals surface area (Å²) in [6.45, 7) is 15.2. The first kappa shape index (κ1) is 43.6. The number of halogens is 2. The number of carboxylic acids is 1. The molecular formula is C41H51F2N6O9P. The number of ether oxygens (including phenoxy) is 1. The fourth-order valence-electron chi connectivity index (χ4n) is 7.74. The molecule has 2 saturated heterocycles. The molecular weight excluding hydrogens is 789 g/mol. The maximum absolute atomic E-state index is 16.4. The molecule has 2 aliphatic heterocycles. The minimum Gasteiger partial charge on any atom is -0.477 e. The van der Waals surface area contributed by atoms with E-state index >= 15 is 8.78 Å². The number of aromatic carboxylic acids is 1. The van der Waals surface area contributed by atoms with Gasteiger partial charge >= 0.3 is 19.9 Å². The van der Waals surface area contributed by atoms with Crippen molar-refractivity contribution in [1.29, 1.82) is 0 Å². The molecule has 7 rings (SSSR count). The van der Waals surface area contributed by atoms with Gasteiger partial charge in [-0.2, -0.15) is 0 Å². The molecule has 1 unspecified atom stereocenters. The normalized spacial score (nSPS) is 17.4. The highest BCUT2D eigenvalue weighted by atomic mass is 31.2. The fraction of sp³-hybridized carbons (Fsp3) is 0.463. The van der Waals surface area contributed by atoms with Crippen LogP contribution in [0.5, 0.6) is 0 Å². The van der Waals surface area contributed by atoms with E-state index < -0.39 is 60.6 Å². The van der Waals surface area contributed by atoms with Crippen molar-refractivity contribution in [3.63, 3.8) is 0 Å². The number of rotatable bonds is 9. The number of benzene rings is 1. The van der Waals surface area contributed by atoms with Crippen molar-refractivity contribution in [2.45, 2.75) is 79.1 Å². The van der Waals surface area contributed by atoms with E-state index in [0.29, 0.717) is 41.3 Å². The Morgan fingerprint density at radius 2 is 1.69 bits per heavy atom. The number of pyridine rings is 3. The highest BCUT2D eigenvalue weighted by Crippen LogP contribution is 2.55. The average molecular weight is 841 g/mol. The second-order valence-corrected chi connectivity index (χ2v) is 18.0. The van der Waals surface area contributed by atoms with E-state index in [9.17, 15) is 24.1 Å². The summed E-state index contributed by atoms with van der Waals surface area (Å²) >= 11 is 0. The van der Waals surface area contributed by atoms with Gasteiger partial charge in [0.2, 0.25) is 6.79 Å². The number of likely N-dealkylation sites (tertiary alicyclic amines) is 1. The van der Waals surface area contributed by atoms with Crippen molar-refractivity contribution < 1.29 is 46.3 Å². The summed E-state index contributed by atoms with van der Waals surface area (Å²) in [5, 5.41) is 9.72. The van der Waals surface area contributed by atoms with Gasteiger partial charge < -0.3 is 24.6 Å². The second-order valence-electron chi connectivity index (χ2n) is 16.5. The molecule has 318 valence electrons. The number of carbonyl (C=O) groups is 2. The second kappa shape index (κ2) is 16.3. The Bertz CT molecular complexity index is 2530. The zero-order valence-electron chi connectivity index (χ0n) is 34.9. The quantitative estimate of drug-likeness (QED) is 0.108. The maximum atomic E-state index is 16.4. The predicted molar refractivity (Wildman–Crippen MR) is 221 cm³/mol. The summed E-state index contributed by atoms with van der Waals surface area (Å²) in [4.78, 5) is 51.6. The van der Waals surface area contributed by atoms with Crippen LogP contribution in [0.4, 0.5) is 25.0 Å². The smallest absolute Gasteiger partial charge is 0.477 e. The number of aromatic nitrogens is 3. The largest absolute Gasteiger partial charge is 0.478 e. The van der Waals surface area contributed by atoms with E-state index in [1.807, 2.05) is 20.9 Å². The number of aromatic amines is 1. The molecule has 5 aromatic rings. The van der Waals surface area contributed by atoms with Gasteiger partial charge in [0.1, 0.15) is 11.2 Å². The zero-order chi connectivity index (χ0) is 43.4. The number of phosphoric acid groups is 1. The molecule has 59 heavy (non-hydrogen) atoms. The van der Waals surface area contributed by atoms with Gasteiger partial charge in [-0.1, -0.05) is 19.9 Å². The molecule has 1 amide bonds. The van der Waals surface area contributed by atoms with Gasteiger partial charge in [0.25, 0.3) is 5.56 Å². The molecule has 0 radical (unpaired) electrons. The Kier molecular flexibility index (Phi) is 12.0. The minimum absolute atomic E-state index is 0.0142. The van der Waals surface area contributed by atoms with Gasteiger partial charge in [0.15, 0.2) is 11.6 Å². The number of nitrogens with one attached hydrogen (secondary N) is 1. The van der Waals surface area contributed by atoms with Gasteiger partial charge in [0.05, 0.1) is 38.9 Å². The van der Waals surface area contributed by atoms with Crippen molar-refractivity contribution in [2.75, 3.05) is 50.3 Å². The highest BCUT2D eigenvalue weighted by Gasteiger charge is 2.42. The Morgan fingerprint density at radius 1 is 1.03 bits per heavy atom. The number of hydrogen-bond donors (Lipinski definition) is 2. The van der Waals surface area contributed by atoms with Crippen LogP contribution in [0.3, 0.4) is 0 Å². The minimum atomic E-state index is -4.25. The van der Waals surface area contributed by atoms with E-state index in [4.69, 9.17) is 18.3 Å². The van der Waals surface area contributed by atoms with Gasteiger partial charge in [-0.3, -0.25) is 23.1 Å². The third-order valence-electron chi connectivity index (χ3n) is 9.95. The lowest BCUT2D eigenvalue weighted by Crippen LogP contribution is -2.35. The third kappa shape index (κ3) is 8.71. The van der Waals surface area contributed by atoms with Crippen LogP contribution in [0, 0.1) is 17.6 Å². The number of likely N-dealkylation sites (N-methyl/N-ethyl adjacent to an activating group) is 1. The van der Waals surface area contributed by atoms with E-state index in [2.05, 4.69) is 19.8 Å². The van der Waals surface area contributed by atoms with Crippen LogP contribution in [0.2, 0.25) is 0 Å². The lowest BCUT2D eigenvalue weighted by atomic mass is 10.00. The number of nitrogens with zero attached hydrogens (tertiary/aromatic N) is 5. The topological polar surface area (TPSA) is 168 Å². The van der Waals surface area contributed by atoms with Crippen molar-refractivity contribution in [3.8, 4) is 11.1 Å². The Hall–Kier alpha value is -4.93. The van der Waals surface area contributed by atoms with E-state index in [0.717, 1.165) is 23.9 Å². The fourth-order valence-corrected chi connectivity index (χ4v) is 9.41. The number of fused-ring (bicyclic) bond motifs is 5. The van der Waals surface area contributed by atoms with Crippen molar-refractivity contribution in [2.24, 2.45) is 5.92 Å². The van der Waals surface area contributed by atoms with E-state index in [1.165, 1.54) is 29.8 Å². The van der Waals surface area contributed by atoms with E-state index in [1.54, 1.807) is 59.9 Å². The molecule has 2 aliphatic rings. The molecule has 2 N–H and O–H groups in total. The lowest BCUT2D eigenvalue weighted by molar-refractivity contribution is -0.0275. The molecule has 1 aromatic carbocycles. The number of carboxylic acid groups (broad SMARTS) is 1. The number of H-pyrrole nitrogens is 1. The SMILES string of the molecule is CC.CN1CC2CCN(c3c(-c4ccc5ccc(C(=O)O)c(=O)n5c4)cnc4[nH]c5c(N(C)C(=O)OCOP(=O)(OC(C)(C)C)OC(C)(C)C)cc(F)c(F)c5c34)[C@@H]2C1. The first-order chi connectivity index (χ1) is 27.6. The molecule has 6 heterocycles. The molecule has 18 heteroatoms. The summed E-state index contributed by atoms with van der Waals surface area (Å²) in [6, 6.07) is 7.09. The summed E-state index contributed by atoms with van der Waals surface area (Å²) in [7, 11) is -0.924. The third-order valence-corrected chi connectivity index (χ3v) is 11.9. The maximum Gasteiger partial charge on any atom is 0.478 e. The molecule has 4 aromatic heterocycles. The van der Waals surface area contributed by atoms with Crippen LogP contribution >= 0.6 is 7.82 Å². The number of amides is 1. The van der Waals surface area contributed by atoms with Crippen LogP contribution in [-0.4, -0.2) is 94.2 Å². The Morgan fingerprint density at radius 3 is 2.34 bits per heavy atom. The van der Waals surface area contributed by atoms with Crippen LogP contribution < -0.4 is 15.4 Å². The van der Waals surface area contributed by atoms with Crippen molar-refractivity contribution in [1.82, 2.24) is 19.3 Å². The van der Waals surface area contributed by atoms with Gasteiger partial charge in [-0.15, -0.1) is 0 Å². The van der Waals surface area contributed by atoms with Gasteiger partial charge in [-0.05, 0) is 79.1 Å². The zero-order valence-corrected chi connectivity index (χ0v) is 35.8. The predicted octanol–water partition coefficient (Wildman–Crippen LogP) is 8.42. The van der Waals surface area contributed by atoms with Gasteiger partial charge in [-0.25, -0.2) is 32.4 Å². The molecule has 0 aliphatic carbocycles. The van der Waals surface area contributed by atoms with Gasteiger partial charge in [0, 0.05) is 67.8 Å². The van der Waals surface area contributed by atoms with Crippen LogP contribution in [0.1, 0.15) is 72.2 Å². The number of anilines is 2. The molecule has 0 saturated carbocycles. The average Bonchev–Trinajstić information content (AvgIpc) is 3.84. The molecule has 15 nitrogen and oxygen atoms in total. The molecule has 0 spiro atoms. The lowest BCUT2D eigenvalue weighted by Gasteiger charge is -2.30. The Labute approximate surface area is 340 Å². The molecule has 2 atom stereocenters. The van der Waals surface area contributed by atoms with Crippen molar-refractivity contribution >= 4 is 58.7 Å². The number of phosphoric ester groups is 1. The summed E-state index contributed by atoms with van der Waals surface area (Å²) in [5.41, 5.74) is -0.862. The van der Waals surface area contributed by atoms with E-state index in [-0.39, 0.29) is 33.7 Å². The monoisotopic (exact) mass is 840 g/mol. The van der Waals surface area contributed by atoms with Crippen LogP contribution in [-0.2, 0) is 22.9 Å². The highest BCUT2D eigenvalue weighted by molar-refractivity contribution is 7.48.